The van der Waals surface area contributed by atoms with Crippen molar-refractivity contribution < 1.29 is 19.0 Å². The van der Waals surface area contributed by atoms with Crippen LogP contribution in [0.4, 0.5) is 5.69 Å². The molecule has 5 nitrogen and oxygen atoms in total. The number of amides is 1. The van der Waals surface area contributed by atoms with Gasteiger partial charge in [-0.3, -0.25) is 4.79 Å². The van der Waals surface area contributed by atoms with E-state index < -0.39 is 0 Å². The minimum atomic E-state index is -0.197. The molecule has 1 N–H and O–H groups in total. The van der Waals surface area contributed by atoms with E-state index in [9.17, 15) is 4.79 Å². The fourth-order valence-corrected chi connectivity index (χ4v) is 3.31. The van der Waals surface area contributed by atoms with E-state index in [-0.39, 0.29) is 5.91 Å². The van der Waals surface area contributed by atoms with Crippen molar-refractivity contribution in [3.8, 4) is 17.2 Å². The number of carbonyl (C=O) groups excluding carboxylic acids is 1. The number of nitrogens with one attached hydrogen (secondary N) is 1. The fourth-order valence-electron chi connectivity index (χ4n) is 3.31. The van der Waals surface area contributed by atoms with Crippen LogP contribution in [-0.4, -0.2) is 19.6 Å². The summed E-state index contributed by atoms with van der Waals surface area (Å²) in [5, 5.41) is 2.91. The molecule has 0 saturated carbocycles. The van der Waals surface area contributed by atoms with Crippen molar-refractivity contribution in [2.45, 2.75) is 34.3 Å². The number of methoxy groups -OCH3 is 1. The van der Waals surface area contributed by atoms with Crippen molar-refractivity contribution in [1.29, 1.82) is 0 Å². The van der Waals surface area contributed by atoms with Gasteiger partial charge in [0.1, 0.15) is 23.9 Å². The zero-order valence-electron chi connectivity index (χ0n) is 18.7. The van der Waals surface area contributed by atoms with Gasteiger partial charge < -0.3 is 19.5 Å². The number of hydrogen-bond acceptors (Lipinski definition) is 4. The van der Waals surface area contributed by atoms with Crippen LogP contribution in [0.15, 0.2) is 54.6 Å². The lowest BCUT2D eigenvalue weighted by Crippen LogP contribution is -2.13. The topological polar surface area (TPSA) is 56.8 Å². The molecule has 0 radical (unpaired) electrons. The van der Waals surface area contributed by atoms with Crippen LogP contribution in [0, 0.1) is 20.8 Å². The molecular formula is C26H29NO4. The number of hydrogen-bond donors (Lipinski definition) is 1. The molecule has 0 spiro atoms. The molecule has 0 aliphatic heterocycles. The average Bonchev–Trinajstić information content (AvgIpc) is 2.76. The molecular weight excluding hydrogens is 390 g/mol. The van der Waals surface area contributed by atoms with E-state index in [1.165, 1.54) is 5.56 Å². The van der Waals surface area contributed by atoms with Crippen LogP contribution in [-0.2, 0) is 6.61 Å². The molecule has 1 amide bonds. The van der Waals surface area contributed by atoms with Gasteiger partial charge in [-0.05, 0) is 92.9 Å². The van der Waals surface area contributed by atoms with Gasteiger partial charge in [-0.15, -0.1) is 0 Å². The minimum absolute atomic E-state index is 0.197. The standard InChI is InChI=1S/C26H29NO4/c1-6-30-24-12-7-20(26(28)27-22-8-10-23(29-5)11-9-22)15-21(24)16-31-25-14-17(2)13-18(3)19(25)4/h7-15H,6,16H2,1-5H3,(H,27,28). The Balaban J connectivity index is 1.80. The average molecular weight is 420 g/mol. The highest BCUT2D eigenvalue weighted by Crippen LogP contribution is 2.27. The molecule has 0 aliphatic carbocycles. The normalized spacial score (nSPS) is 10.5. The summed E-state index contributed by atoms with van der Waals surface area (Å²) >= 11 is 0. The Hall–Kier alpha value is -3.47. The summed E-state index contributed by atoms with van der Waals surface area (Å²) in [5.41, 5.74) is 5.50. The maximum absolute atomic E-state index is 12.8. The number of benzene rings is 3. The lowest BCUT2D eigenvalue weighted by Gasteiger charge is -2.16. The molecule has 0 atom stereocenters. The maximum Gasteiger partial charge on any atom is 0.255 e. The lowest BCUT2D eigenvalue weighted by atomic mass is 10.1. The van der Waals surface area contributed by atoms with Gasteiger partial charge in [0.05, 0.1) is 13.7 Å². The number of aryl methyl sites for hydroxylation is 2. The van der Waals surface area contributed by atoms with Crippen molar-refractivity contribution in [3.05, 3.63) is 82.4 Å². The molecule has 3 rings (SSSR count). The van der Waals surface area contributed by atoms with Gasteiger partial charge in [-0.1, -0.05) is 6.07 Å². The molecule has 0 unspecified atom stereocenters. The van der Waals surface area contributed by atoms with Gasteiger partial charge in [0.15, 0.2) is 0 Å². The van der Waals surface area contributed by atoms with Crippen molar-refractivity contribution >= 4 is 11.6 Å². The molecule has 162 valence electrons. The van der Waals surface area contributed by atoms with Gasteiger partial charge >= 0.3 is 0 Å². The van der Waals surface area contributed by atoms with Crippen molar-refractivity contribution in [2.75, 3.05) is 19.0 Å². The van der Waals surface area contributed by atoms with Crippen LogP contribution < -0.4 is 19.5 Å². The summed E-state index contributed by atoms with van der Waals surface area (Å²) in [4.78, 5) is 12.8. The quantitative estimate of drug-likeness (QED) is 0.498. The van der Waals surface area contributed by atoms with Crippen molar-refractivity contribution in [2.24, 2.45) is 0 Å². The second-order valence-corrected chi connectivity index (χ2v) is 7.43. The Kier molecular flexibility index (Phi) is 7.19. The first-order valence-corrected chi connectivity index (χ1v) is 10.3. The van der Waals surface area contributed by atoms with Gasteiger partial charge in [-0.25, -0.2) is 0 Å². The molecule has 31 heavy (non-hydrogen) atoms. The van der Waals surface area contributed by atoms with Crippen LogP contribution >= 0.6 is 0 Å². The summed E-state index contributed by atoms with van der Waals surface area (Å²) in [6.45, 7) is 8.95. The van der Waals surface area contributed by atoms with E-state index in [1.54, 1.807) is 37.4 Å². The van der Waals surface area contributed by atoms with Crippen LogP contribution in [0.3, 0.4) is 0 Å². The van der Waals surface area contributed by atoms with Crippen molar-refractivity contribution in [1.82, 2.24) is 0 Å². The van der Waals surface area contributed by atoms with E-state index in [2.05, 4.69) is 25.2 Å². The predicted molar refractivity (Wildman–Crippen MR) is 124 cm³/mol. The highest BCUT2D eigenvalue weighted by molar-refractivity contribution is 6.04. The van der Waals surface area contributed by atoms with Gasteiger partial charge in [0.2, 0.25) is 0 Å². The Labute approximate surface area is 184 Å². The molecule has 3 aromatic rings. The van der Waals surface area contributed by atoms with Crippen LogP contribution in [0.5, 0.6) is 17.2 Å². The zero-order valence-corrected chi connectivity index (χ0v) is 18.7. The highest BCUT2D eigenvalue weighted by Gasteiger charge is 2.13. The molecule has 0 aromatic heterocycles. The van der Waals surface area contributed by atoms with Gasteiger partial charge in [-0.2, -0.15) is 0 Å². The second-order valence-electron chi connectivity index (χ2n) is 7.43. The first-order valence-electron chi connectivity index (χ1n) is 10.3. The predicted octanol–water partition coefficient (Wildman–Crippen LogP) is 5.85. The van der Waals surface area contributed by atoms with E-state index >= 15 is 0 Å². The molecule has 0 bridgehead atoms. The molecule has 0 fully saturated rings. The summed E-state index contributed by atoms with van der Waals surface area (Å²) in [6, 6.07) is 16.8. The Morgan fingerprint density at radius 2 is 1.65 bits per heavy atom. The molecule has 0 aliphatic rings. The van der Waals surface area contributed by atoms with Crippen LogP contribution in [0.2, 0.25) is 0 Å². The third-order valence-electron chi connectivity index (χ3n) is 5.12. The Morgan fingerprint density at radius 1 is 0.903 bits per heavy atom. The first kappa shape index (κ1) is 22.2. The summed E-state index contributed by atoms with van der Waals surface area (Å²) < 4.78 is 17.0. The minimum Gasteiger partial charge on any atom is -0.497 e. The van der Waals surface area contributed by atoms with E-state index in [0.717, 1.165) is 28.2 Å². The Morgan fingerprint density at radius 3 is 2.32 bits per heavy atom. The van der Waals surface area contributed by atoms with E-state index in [4.69, 9.17) is 14.2 Å². The van der Waals surface area contributed by atoms with Crippen LogP contribution in [0.1, 0.15) is 39.5 Å². The van der Waals surface area contributed by atoms with Gasteiger partial charge in [0.25, 0.3) is 5.91 Å². The number of rotatable bonds is 8. The monoisotopic (exact) mass is 419 g/mol. The molecule has 3 aromatic carbocycles. The first-order chi connectivity index (χ1) is 14.9. The molecule has 0 heterocycles. The number of anilines is 1. The van der Waals surface area contributed by atoms with E-state index in [0.29, 0.717) is 30.2 Å². The molecule has 0 saturated heterocycles. The fraction of sp³-hybridized carbons (Fsp3) is 0.269. The number of ether oxygens (including phenoxy) is 3. The van der Waals surface area contributed by atoms with Gasteiger partial charge in [0, 0.05) is 16.8 Å². The maximum atomic E-state index is 12.8. The highest BCUT2D eigenvalue weighted by atomic mass is 16.5. The summed E-state index contributed by atoms with van der Waals surface area (Å²) in [6.07, 6.45) is 0. The lowest BCUT2D eigenvalue weighted by molar-refractivity contribution is 0.102. The summed E-state index contributed by atoms with van der Waals surface area (Å²) in [7, 11) is 1.61. The Bertz CT molecular complexity index is 1060. The van der Waals surface area contributed by atoms with E-state index in [1.807, 2.05) is 32.0 Å². The second kappa shape index (κ2) is 10.0. The SMILES string of the molecule is CCOc1ccc(C(=O)Nc2ccc(OC)cc2)cc1COc1cc(C)cc(C)c1C. The smallest absolute Gasteiger partial charge is 0.255 e. The summed E-state index contributed by atoms with van der Waals surface area (Å²) in [5.74, 6) is 2.09. The van der Waals surface area contributed by atoms with Crippen molar-refractivity contribution in [3.63, 3.8) is 0 Å². The number of carbonyl (C=O) groups is 1. The third kappa shape index (κ3) is 5.57. The zero-order chi connectivity index (χ0) is 22.4. The van der Waals surface area contributed by atoms with Crippen LogP contribution in [0.25, 0.3) is 0 Å². The molecule has 5 heteroatoms. The largest absolute Gasteiger partial charge is 0.497 e. The third-order valence-corrected chi connectivity index (χ3v) is 5.12.